The van der Waals surface area contributed by atoms with E-state index < -0.39 is 0 Å². The Morgan fingerprint density at radius 3 is 2.78 bits per heavy atom. The van der Waals surface area contributed by atoms with Crippen LogP contribution in [0.25, 0.3) is 5.57 Å². The van der Waals surface area contributed by atoms with E-state index in [0.29, 0.717) is 6.10 Å². The van der Waals surface area contributed by atoms with Crippen LogP contribution in [0.2, 0.25) is 0 Å². The molecule has 2 heteroatoms. The summed E-state index contributed by atoms with van der Waals surface area (Å²) in [5.41, 5.74) is 3.80. The third kappa shape index (κ3) is 1.64. The van der Waals surface area contributed by atoms with Crippen LogP contribution in [0.4, 0.5) is 0 Å². The minimum atomic E-state index is -0.0782. The lowest BCUT2D eigenvalue weighted by Gasteiger charge is -2.15. The van der Waals surface area contributed by atoms with E-state index in [1.807, 2.05) is 0 Å². The van der Waals surface area contributed by atoms with Gasteiger partial charge in [-0.25, -0.2) is 0 Å². The maximum absolute atomic E-state index is 6.03. The quantitative estimate of drug-likeness (QED) is 0.759. The van der Waals surface area contributed by atoms with Crippen molar-refractivity contribution in [3.8, 4) is 0 Å². The van der Waals surface area contributed by atoms with Crippen molar-refractivity contribution in [3.05, 3.63) is 53.6 Å². The number of ether oxygens (including phenoxy) is 2. The summed E-state index contributed by atoms with van der Waals surface area (Å²) < 4.78 is 11.4. The van der Waals surface area contributed by atoms with Crippen LogP contribution in [0.15, 0.2) is 48.1 Å². The van der Waals surface area contributed by atoms with Gasteiger partial charge < -0.3 is 9.47 Å². The van der Waals surface area contributed by atoms with E-state index in [9.17, 15) is 0 Å². The normalized spacial score (nSPS) is 36.5. The van der Waals surface area contributed by atoms with Gasteiger partial charge in [-0.2, -0.15) is 0 Å². The summed E-state index contributed by atoms with van der Waals surface area (Å²) in [6.07, 6.45) is 6.16. The highest BCUT2D eigenvalue weighted by Crippen LogP contribution is 2.53. The average molecular weight is 240 g/mol. The molecule has 3 unspecified atom stereocenters. The minimum absolute atomic E-state index is 0.0782. The molecule has 2 nitrogen and oxygen atoms in total. The topological polar surface area (TPSA) is 25.1 Å². The van der Waals surface area contributed by atoms with Crippen molar-refractivity contribution in [1.82, 2.24) is 0 Å². The second-order valence-corrected chi connectivity index (χ2v) is 5.47. The van der Waals surface area contributed by atoms with Crippen molar-refractivity contribution >= 4 is 5.57 Å². The van der Waals surface area contributed by atoms with Gasteiger partial charge >= 0.3 is 0 Å². The molecule has 0 saturated carbocycles. The monoisotopic (exact) mass is 240 g/mol. The number of allylic oxidation sites excluding steroid dienone is 2. The summed E-state index contributed by atoms with van der Waals surface area (Å²) in [6.45, 7) is 3.05. The Kier molecular flexibility index (Phi) is 2.08. The SMILES string of the molecule is CC1=CC2(CC3CO3)OC2C(c2ccccc2)=C1. The molecule has 4 rings (SSSR count). The Hall–Kier alpha value is -1.38. The third-order valence-corrected chi connectivity index (χ3v) is 3.92. The molecular formula is C16H16O2. The Morgan fingerprint density at radius 2 is 2.06 bits per heavy atom. The lowest BCUT2D eigenvalue weighted by molar-refractivity contribution is 0.295. The predicted molar refractivity (Wildman–Crippen MR) is 70.1 cm³/mol. The van der Waals surface area contributed by atoms with Gasteiger partial charge in [0.25, 0.3) is 0 Å². The molecule has 2 heterocycles. The molecule has 1 aliphatic carbocycles. The Balaban J connectivity index is 1.67. The summed E-state index contributed by atoms with van der Waals surface area (Å²) >= 11 is 0. The van der Waals surface area contributed by atoms with E-state index in [1.54, 1.807) is 0 Å². The van der Waals surface area contributed by atoms with Gasteiger partial charge in [0.2, 0.25) is 0 Å². The second kappa shape index (κ2) is 3.56. The molecule has 18 heavy (non-hydrogen) atoms. The highest BCUT2D eigenvalue weighted by Gasteiger charge is 2.60. The summed E-state index contributed by atoms with van der Waals surface area (Å²) in [5.74, 6) is 0. The van der Waals surface area contributed by atoms with Crippen LogP contribution >= 0.6 is 0 Å². The van der Waals surface area contributed by atoms with Crippen LogP contribution in [0.1, 0.15) is 18.9 Å². The Morgan fingerprint density at radius 1 is 1.28 bits per heavy atom. The van der Waals surface area contributed by atoms with E-state index in [4.69, 9.17) is 9.47 Å². The molecule has 0 spiro atoms. The van der Waals surface area contributed by atoms with Gasteiger partial charge in [0.15, 0.2) is 0 Å². The molecule has 0 amide bonds. The zero-order chi connectivity index (χ0) is 12.2. The molecule has 1 aromatic rings. The zero-order valence-corrected chi connectivity index (χ0v) is 10.4. The number of hydrogen-bond acceptors (Lipinski definition) is 2. The van der Waals surface area contributed by atoms with E-state index in [1.165, 1.54) is 16.7 Å². The fraction of sp³-hybridized carbons (Fsp3) is 0.375. The highest BCUT2D eigenvalue weighted by molar-refractivity contribution is 5.77. The highest BCUT2D eigenvalue weighted by atomic mass is 16.6. The third-order valence-electron chi connectivity index (χ3n) is 3.92. The first kappa shape index (κ1) is 10.5. The Bertz CT molecular complexity index is 539. The number of rotatable bonds is 3. The first-order valence-corrected chi connectivity index (χ1v) is 6.53. The lowest BCUT2D eigenvalue weighted by atomic mass is 9.85. The van der Waals surface area contributed by atoms with Crippen LogP contribution in [0, 0.1) is 0 Å². The Labute approximate surface area is 107 Å². The fourth-order valence-corrected chi connectivity index (χ4v) is 2.99. The minimum Gasteiger partial charge on any atom is -0.373 e. The average Bonchev–Trinajstić information content (AvgIpc) is 3.27. The van der Waals surface area contributed by atoms with Crippen LogP contribution in [0.5, 0.6) is 0 Å². The molecular weight excluding hydrogens is 224 g/mol. The fourth-order valence-electron chi connectivity index (χ4n) is 2.99. The summed E-state index contributed by atoms with van der Waals surface area (Å²) in [7, 11) is 0. The molecule has 2 aliphatic heterocycles. The molecule has 3 aliphatic rings. The van der Waals surface area contributed by atoms with Gasteiger partial charge in [0.05, 0.1) is 12.7 Å². The first-order chi connectivity index (χ1) is 8.77. The van der Waals surface area contributed by atoms with E-state index >= 15 is 0 Å². The van der Waals surface area contributed by atoms with Gasteiger partial charge in [-0.15, -0.1) is 0 Å². The number of benzene rings is 1. The molecule has 3 atom stereocenters. The van der Waals surface area contributed by atoms with Crippen LogP contribution in [0.3, 0.4) is 0 Å². The van der Waals surface area contributed by atoms with E-state index in [-0.39, 0.29) is 11.7 Å². The van der Waals surface area contributed by atoms with Gasteiger partial charge in [-0.1, -0.05) is 42.0 Å². The molecule has 2 saturated heterocycles. The predicted octanol–water partition coefficient (Wildman–Crippen LogP) is 2.96. The molecule has 2 fully saturated rings. The number of fused-ring (bicyclic) bond motifs is 1. The van der Waals surface area contributed by atoms with Crippen LogP contribution in [-0.4, -0.2) is 24.4 Å². The molecule has 0 N–H and O–H groups in total. The first-order valence-electron chi connectivity index (χ1n) is 6.53. The van der Waals surface area contributed by atoms with Crippen LogP contribution < -0.4 is 0 Å². The summed E-state index contributed by atoms with van der Waals surface area (Å²) in [4.78, 5) is 0. The van der Waals surface area contributed by atoms with E-state index in [2.05, 4.69) is 49.4 Å². The maximum Gasteiger partial charge on any atom is 0.121 e. The number of hydrogen-bond donors (Lipinski definition) is 0. The molecule has 1 aromatic carbocycles. The zero-order valence-electron chi connectivity index (χ0n) is 10.4. The van der Waals surface area contributed by atoms with Gasteiger partial charge in [0.1, 0.15) is 11.7 Å². The standard InChI is InChI=1S/C16H16O2/c1-11-7-14(12-5-3-2-4-6-12)15-16(8-11,18-15)9-13-10-17-13/h2-8,13,15H,9-10H2,1H3. The van der Waals surface area contributed by atoms with Crippen molar-refractivity contribution in [1.29, 1.82) is 0 Å². The van der Waals surface area contributed by atoms with Crippen molar-refractivity contribution in [2.45, 2.75) is 31.2 Å². The van der Waals surface area contributed by atoms with Crippen LogP contribution in [-0.2, 0) is 9.47 Å². The van der Waals surface area contributed by atoms with Crippen molar-refractivity contribution in [2.75, 3.05) is 6.61 Å². The van der Waals surface area contributed by atoms with E-state index in [0.717, 1.165) is 13.0 Å². The lowest BCUT2D eigenvalue weighted by Crippen LogP contribution is -2.19. The van der Waals surface area contributed by atoms with Gasteiger partial charge in [0, 0.05) is 6.42 Å². The van der Waals surface area contributed by atoms with Crippen molar-refractivity contribution in [3.63, 3.8) is 0 Å². The summed E-state index contributed by atoms with van der Waals surface area (Å²) in [5, 5.41) is 0. The molecule has 0 radical (unpaired) electrons. The number of epoxide rings is 2. The molecule has 0 bridgehead atoms. The molecule has 0 aromatic heterocycles. The van der Waals surface area contributed by atoms with Crippen molar-refractivity contribution < 1.29 is 9.47 Å². The summed E-state index contributed by atoms with van der Waals surface area (Å²) in [6, 6.07) is 10.5. The maximum atomic E-state index is 6.03. The van der Waals surface area contributed by atoms with Gasteiger partial charge in [-0.3, -0.25) is 0 Å². The smallest absolute Gasteiger partial charge is 0.121 e. The largest absolute Gasteiger partial charge is 0.373 e. The molecule has 92 valence electrons. The van der Waals surface area contributed by atoms with Gasteiger partial charge in [-0.05, 0) is 24.1 Å². The second-order valence-electron chi connectivity index (χ2n) is 5.47. The van der Waals surface area contributed by atoms with Crippen molar-refractivity contribution in [2.24, 2.45) is 0 Å².